The maximum Gasteiger partial charge on any atom is 0.147 e. The van der Waals surface area contributed by atoms with E-state index in [1.807, 2.05) is 6.92 Å². The summed E-state index contributed by atoms with van der Waals surface area (Å²) in [5, 5.41) is 0.458. The number of hydrogen-bond donors (Lipinski definition) is 0. The number of halogens is 1. The van der Waals surface area contributed by atoms with Crippen molar-refractivity contribution in [3.05, 3.63) is 28.3 Å². The van der Waals surface area contributed by atoms with E-state index in [1.54, 1.807) is 6.20 Å². The molecule has 0 radical (unpaired) electrons. The highest BCUT2D eigenvalue weighted by Gasteiger charge is 2.38. The van der Waals surface area contributed by atoms with Crippen LogP contribution < -0.4 is 0 Å². The molecule has 0 atom stereocenters. The highest BCUT2D eigenvalue weighted by Crippen LogP contribution is 2.51. The van der Waals surface area contributed by atoms with E-state index in [4.69, 9.17) is 11.6 Å². The van der Waals surface area contributed by atoms with Gasteiger partial charge >= 0.3 is 0 Å². The first-order chi connectivity index (χ1) is 8.92. The number of hydrogen-bond acceptors (Lipinski definition) is 2. The van der Waals surface area contributed by atoms with Gasteiger partial charge in [-0.3, -0.25) is 4.98 Å². The molecule has 1 fully saturated rings. The lowest BCUT2D eigenvalue weighted by atomic mass is 9.98. The van der Waals surface area contributed by atoms with E-state index >= 15 is 0 Å². The molecule has 0 aromatic carbocycles. The Morgan fingerprint density at radius 1 is 1.37 bits per heavy atom. The van der Waals surface area contributed by atoms with Crippen molar-refractivity contribution in [2.75, 3.05) is 0 Å². The fourth-order valence-electron chi connectivity index (χ4n) is 1.57. The molecule has 1 aromatic rings. The number of unbranched alkanes of at least 4 members (excludes halogenated alkanes) is 1. The molecule has 106 valence electrons. The molecule has 2 rings (SSSR count). The van der Waals surface area contributed by atoms with Gasteiger partial charge in [-0.2, -0.15) is 0 Å². The molecule has 3 heteroatoms. The molecule has 1 heterocycles. The van der Waals surface area contributed by atoms with E-state index in [0.717, 1.165) is 11.4 Å². The molecule has 0 N–H and O–H groups in total. The molecule has 1 aliphatic rings. The van der Waals surface area contributed by atoms with Gasteiger partial charge in [-0.05, 0) is 38.2 Å². The quantitative estimate of drug-likeness (QED) is 0.736. The van der Waals surface area contributed by atoms with Crippen molar-refractivity contribution < 1.29 is 0 Å². The zero-order valence-corrected chi connectivity index (χ0v) is 13.5. The van der Waals surface area contributed by atoms with Gasteiger partial charge in [0.2, 0.25) is 0 Å². The third-order valence-corrected chi connectivity index (χ3v) is 3.94. The van der Waals surface area contributed by atoms with E-state index in [0.29, 0.717) is 10.6 Å². The zero-order chi connectivity index (χ0) is 14.5. The van der Waals surface area contributed by atoms with Crippen LogP contribution in [0.1, 0.15) is 64.8 Å². The van der Waals surface area contributed by atoms with Gasteiger partial charge in [-0.15, -0.1) is 0 Å². The molecule has 1 aromatic heterocycles. The van der Waals surface area contributed by atoms with Crippen LogP contribution in [0.5, 0.6) is 0 Å². The minimum absolute atomic E-state index is 0.410. The molecule has 19 heavy (non-hydrogen) atoms. The lowest BCUT2D eigenvalue weighted by Gasteiger charge is -2.09. The number of nitrogens with zero attached hydrogens (tertiary/aromatic N) is 2. The van der Waals surface area contributed by atoms with Gasteiger partial charge in [0.1, 0.15) is 5.15 Å². The second-order valence-electron chi connectivity index (χ2n) is 5.55. The summed E-state index contributed by atoms with van der Waals surface area (Å²) in [4.78, 5) is 8.48. The van der Waals surface area contributed by atoms with Gasteiger partial charge in [0.15, 0.2) is 0 Å². The van der Waals surface area contributed by atoms with Crippen molar-refractivity contribution >= 4 is 17.7 Å². The summed E-state index contributed by atoms with van der Waals surface area (Å²) in [6.45, 7) is 10.8. The van der Waals surface area contributed by atoms with Crippen LogP contribution in [0.25, 0.3) is 6.08 Å². The molecule has 0 amide bonds. The van der Waals surface area contributed by atoms with E-state index in [1.165, 1.54) is 31.3 Å². The first kappa shape index (κ1) is 16.2. The highest BCUT2D eigenvalue weighted by atomic mass is 35.5. The van der Waals surface area contributed by atoms with Crippen LogP contribution in [0, 0.1) is 12.3 Å². The van der Waals surface area contributed by atoms with Gasteiger partial charge in [0.05, 0.1) is 17.6 Å². The summed E-state index contributed by atoms with van der Waals surface area (Å²) in [6.07, 6.45) is 8.94. The lowest BCUT2D eigenvalue weighted by Crippen LogP contribution is -1.97. The van der Waals surface area contributed by atoms with Crippen LogP contribution in [0.3, 0.4) is 0 Å². The van der Waals surface area contributed by atoms with Gasteiger partial charge in [-0.1, -0.05) is 50.8 Å². The largest absolute Gasteiger partial charge is 0.252 e. The van der Waals surface area contributed by atoms with E-state index < -0.39 is 0 Å². The average Bonchev–Trinajstić information content (AvgIpc) is 3.12. The maximum absolute atomic E-state index is 5.76. The summed E-state index contributed by atoms with van der Waals surface area (Å²) in [5.41, 5.74) is 3.63. The monoisotopic (exact) mass is 280 g/mol. The van der Waals surface area contributed by atoms with Crippen LogP contribution in [0.2, 0.25) is 5.15 Å². The summed E-state index contributed by atoms with van der Waals surface area (Å²) in [6, 6.07) is 0. The Bertz CT molecular complexity index is 446. The van der Waals surface area contributed by atoms with E-state index in [-0.39, 0.29) is 0 Å². The Morgan fingerprint density at radius 3 is 2.37 bits per heavy atom. The molecule has 0 unspecified atom stereocenters. The Labute approximate surface area is 122 Å². The third kappa shape index (κ3) is 4.94. The summed E-state index contributed by atoms with van der Waals surface area (Å²) < 4.78 is 0. The van der Waals surface area contributed by atoms with Crippen molar-refractivity contribution in [2.24, 2.45) is 5.41 Å². The van der Waals surface area contributed by atoms with Gasteiger partial charge < -0.3 is 0 Å². The molecule has 0 aliphatic heterocycles. The molecule has 0 spiro atoms. The number of rotatable bonds is 3. The second-order valence-corrected chi connectivity index (χ2v) is 5.94. The van der Waals surface area contributed by atoms with Gasteiger partial charge in [0.25, 0.3) is 0 Å². The molecule has 0 saturated heterocycles. The topological polar surface area (TPSA) is 25.8 Å². The fraction of sp³-hybridized carbons (Fsp3) is 0.625. The van der Waals surface area contributed by atoms with Crippen LogP contribution >= 0.6 is 11.6 Å². The standard InChI is InChI=1S/C12H15ClN2.C4H10/c1-8(12(3)4-5-12)6-10-9(2)15-11(13)7-14-10;1-3-4-2/h6-7H,4-5H2,1-3H3;3-4H2,1-2H3/b8-6+;. The summed E-state index contributed by atoms with van der Waals surface area (Å²) in [7, 11) is 0. The summed E-state index contributed by atoms with van der Waals surface area (Å²) >= 11 is 5.76. The van der Waals surface area contributed by atoms with Gasteiger partial charge in [0, 0.05) is 0 Å². The first-order valence-corrected chi connectivity index (χ1v) is 7.48. The molecule has 0 bridgehead atoms. The lowest BCUT2D eigenvalue weighted by molar-refractivity contribution is 0.694. The van der Waals surface area contributed by atoms with Crippen LogP contribution in [0.15, 0.2) is 11.8 Å². The van der Waals surface area contributed by atoms with Crippen LogP contribution in [0.4, 0.5) is 0 Å². The van der Waals surface area contributed by atoms with Crippen molar-refractivity contribution in [2.45, 2.75) is 60.3 Å². The van der Waals surface area contributed by atoms with Crippen molar-refractivity contribution in [1.82, 2.24) is 9.97 Å². The van der Waals surface area contributed by atoms with Crippen LogP contribution in [-0.2, 0) is 0 Å². The number of aryl methyl sites for hydroxylation is 1. The SMILES string of the molecule is C/C(=C\c1ncc(Cl)nc1C)C1(C)CC1.CCCC. The molecule has 1 saturated carbocycles. The molecule has 1 aliphatic carbocycles. The molecule has 2 nitrogen and oxygen atoms in total. The van der Waals surface area contributed by atoms with Crippen molar-refractivity contribution in [3.63, 3.8) is 0 Å². The minimum Gasteiger partial charge on any atom is -0.252 e. The smallest absolute Gasteiger partial charge is 0.147 e. The summed E-state index contributed by atoms with van der Waals surface area (Å²) in [5.74, 6) is 0. The third-order valence-electron chi connectivity index (χ3n) is 3.76. The molecular weight excluding hydrogens is 256 g/mol. The predicted octanol–water partition coefficient (Wildman–Crippen LogP) is 5.45. The fourth-order valence-corrected chi connectivity index (χ4v) is 1.74. The second kappa shape index (κ2) is 7.04. The van der Waals surface area contributed by atoms with E-state index in [2.05, 4.69) is 43.7 Å². The Hall–Kier alpha value is -0.890. The minimum atomic E-state index is 0.410. The first-order valence-electron chi connectivity index (χ1n) is 7.11. The Balaban J connectivity index is 0.000000399. The normalized spacial score (nSPS) is 16.6. The Morgan fingerprint density at radius 2 is 1.95 bits per heavy atom. The zero-order valence-electron chi connectivity index (χ0n) is 12.8. The maximum atomic E-state index is 5.76. The van der Waals surface area contributed by atoms with Crippen LogP contribution in [-0.4, -0.2) is 9.97 Å². The predicted molar refractivity (Wildman–Crippen MR) is 83.4 cm³/mol. The Kier molecular flexibility index (Phi) is 5.99. The van der Waals surface area contributed by atoms with E-state index in [9.17, 15) is 0 Å². The number of aromatic nitrogens is 2. The molecular formula is C16H25ClN2. The van der Waals surface area contributed by atoms with Crippen molar-refractivity contribution in [3.8, 4) is 0 Å². The highest BCUT2D eigenvalue weighted by molar-refractivity contribution is 6.29. The van der Waals surface area contributed by atoms with Gasteiger partial charge in [-0.25, -0.2) is 4.98 Å². The van der Waals surface area contributed by atoms with Crippen molar-refractivity contribution in [1.29, 1.82) is 0 Å². The number of allylic oxidation sites excluding steroid dienone is 1. The average molecular weight is 281 g/mol.